The summed E-state index contributed by atoms with van der Waals surface area (Å²) in [6, 6.07) is 0. The van der Waals surface area contributed by atoms with Crippen LogP contribution in [0.5, 0.6) is 5.75 Å². The Hall–Kier alpha value is -1.20. The zero-order valence-electron chi connectivity index (χ0n) is 7.94. The van der Waals surface area contributed by atoms with Gasteiger partial charge in [0.15, 0.2) is 6.17 Å². The van der Waals surface area contributed by atoms with Gasteiger partial charge in [-0.05, 0) is 0 Å². The number of ether oxygens (including phenoxy) is 2. The third-order valence-electron chi connectivity index (χ3n) is 2.92. The molecular weight excluding hydrogens is 201 g/mol. The number of hydrogen-bond acceptors (Lipinski definition) is 4. The molecule has 1 unspecified atom stereocenters. The molecule has 80 valence electrons. The summed E-state index contributed by atoms with van der Waals surface area (Å²) in [6.45, 7) is 0.741. The third-order valence-corrected chi connectivity index (χ3v) is 2.92. The standard InChI is InChI=1S/C10H10FNO3/c11-9-3-6-7(4-12-5-8(6)13)10(9)14-1-2-15-10/h4-5,9,13H,1-3H2. The first-order chi connectivity index (χ1) is 7.24. The predicted molar refractivity (Wildman–Crippen MR) is 48.1 cm³/mol. The Kier molecular flexibility index (Phi) is 1.75. The first-order valence-corrected chi connectivity index (χ1v) is 4.82. The van der Waals surface area contributed by atoms with Gasteiger partial charge in [-0.1, -0.05) is 0 Å². The van der Waals surface area contributed by atoms with Crippen LogP contribution >= 0.6 is 0 Å². The molecule has 1 saturated heterocycles. The normalized spacial score (nSPS) is 27.1. The smallest absolute Gasteiger partial charge is 0.229 e. The summed E-state index contributed by atoms with van der Waals surface area (Å²) in [6.07, 6.45) is 1.65. The lowest BCUT2D eigenvalue weighted by Crippen LogP contribution is -2.34. The van der Waals surface area contributed by atoms with E-state index in [9.17, 15) is 9.50 Å². The molecule has 0 saturated carbocycles. The van der Waals surface area contributed by atoms with Gasteiger partial charge < -0.3 is 14.6 Å². The zero-order valence-corrected chi connectivity index (χ0v) is 7.94. The van der Waals surface area contributed by atoms with Crippen LogP contribution in [-0.4, -0.2) is 29.5 Å². The van der Waals surface area contributed by atoms with Crippen molar-refractivity contribution in [2.75, 3.05) is 13.2 Å². The second kappa shape index (κ2) is 2.90. The maximum Gasteiger partial charge on any atom is 0.229 e. The van der Waals surface area contributed by atoms with Crippen molar-refractivity contribution in [3.63, 3.8) is 0 Å². The fourth-order valence-corrected chi connectivity index (χ4v) is 2.24. The minimum Gasteiger partial charge on any atom is -0.506 e. The number of aromatic nitrogens is 1. The minimum absolute atomic E-state index is 0.00567. The minimum atomic E-state index is -1.32. The molecule has 1 atom stereocenters. The Morgan fingerprint density at radius 1 is 1.40 bits per heavy atom. The molecule has 1 spiro atoms. The Bertz CT molecular complexity index is 404. The van der Waals surface area contributed by atoms with E-state index in [4.69, 9.17) is 9.47 Å². The Labute approximate surface area is 85.7 Å². The number of pyridine rings is 1. The molecule has 0 bridgehead atoms. The maximum absolute atomic E-state index is 13.9. The van der Waals surface area contributed by atoms with E-state index in [0.717, 1.165) is 0 Å². The van der Waals surface area contributed by atoms with Crippen molar-refractivity contribution < 1.29 is 19.0 Å². The van der Waals surface area contributed by atoms with Crippen molar-refractivity contribution in [1.82, 2.24) is 4.98 Å². The number of aromatic hydroxyl groups is 1. The van der Waals surface area contributed by atoms with Crippen LogP contribution in [0, 0.1) is 0 Å². The first-order valence-electron chi connectivity index (χ1n) is 4.82. The molecule has 15 heavy (non-hydrogen) atoms. The van der Waals surface area contributed by atoms with Gasteiger partial charge in [-0.2, -0.15) is 0 Å². The molecule has 2 heterocycles. The highest BCUT2D eigenvalue weighted by Crippen LogP contribution is 2.47. The second-order valence-corrected chi connectivity index (χ2v) is 3.72. The van der Waals surface area contributed by atoms with E-state index < -0.39 is 12.0 Å². The van der Waals surface area contributed by atoms with Gasteiger partial charge in [0.1, 0.15) is 5.75 Å². The van der Waals surface area contributed by atoms with Gasteiger partial charge in [0.25, 0.3) is 0 Å². The van der Waals surface area contributed by atoms with Crippen molar-refractivity contribution in [1.29, 1.82) is 0 Å². The molecule has 1 aromatic heterocycles. The SMILES string of the molecule is Oc1cncc2c1CC(F)C21OCCO1. The Morgan fingerprint density at radius 3 is 2.87 bits per heavy atom. The lowest BCUT2D eigenvalue weighted by Gasteiger charge is -2.24. The summed E-state index contributed by atoms with van der Waals surface area (Å²) in [5.74, 6) is -1.31. The molecule has 1 aliphatic heterocycles. The Morgan fingerprint density at radius 2 is 2.13 bits per heavy atom. The van der Waals surface area contributed by atoms with Gasteiger partial charge in [-0.3, -0.25) is 4.98 Å². The average molecular weight is 211 g/mol. The van der Waals surface area contributed by atoms with Crippen LogP contribution in [0.1, 0.15) is 11.1 Å². The van der Waals surface area contributed by atoms with E-state index in [2.05, 4.69) is 4.98 Å². The van der Waals surface area contributed by atoms with Crippen molar-refractivity contribution in [3.8, 4) is 5.75 Å². The van der Waals surface area contributed by atoms with E-state index in [1.165, 1.54) is 12.4 Å². The summed E-state index contributed by atoms with van der Waals surface area (Å²) in [7, 11) is 0. The summed E-state index contributed by atoms with van der Waals surface area (Å²) in [5, 5.41) is 9.55. The summed E-state index contributed by atoms with van der Waals surface area (Å²) in [4.78, 5) is 3.83. The highest BCUT2D eigenvalue weighted by Gasteiger charge is 2.53. The molecule has 1 aromatic rings. The number of fused-ring (bicyclic) bond motifs is 2. The van der Waals surface area contributed by atoms with Gasteiger partial charge >= 0.3 is 0 Å². The monoisotopic (exact) mass is 211 g/mol. The maximum atomic E-state index is 13.9. The molecule has 0 aromatic carbocycles. The van der Waals surface area contributed by atoms with Gasteiger partial charge in [0, 0.05) is 23.7 Å². The van der Waals surface area contributed by atoms with E-state index in [1.54, 1.807) is 0 Å². The van der Waals surface area contributed by atoms with Crippen molar-refractivity contribution in [2.45, 2.75) is 18.4 Å². The predicted octanol–water partition coefficient (Wildman–Crippen LogP) is 0.881. The molecule has 0 amide bonds. The van der Waals surface area contributed by atoms with Crippen LogP contribution < -0.4 is 0 Å². The highest BCUT2D eigenvalue weighted by atomic mass is 19.1. The molecule has 1 N–H and O–H groups in total. The van der Waals surface area contributed by atoms with Crippen molar-refractivity contribution in [3.05, 3.63) is 23.5 Å². The van der Waals surface area contributed by atoms with Crippen LogP contribution in [-0.2, 0) is 21.7 Å². The molecule has 1 aliphatic carbocycles. The van der Waals surface area contributed by atoms with Crippen LogP contribution in [0.2, 0.25) is 0 Å². The average Bonchev–Trinajstić information content (AvgIpc) is 2.79. The quantitative estimate of drug-likeness (QED) is 0.692. The van der Waals surface area contributed by atoms with Crippen LogP contribution in [0.3, 0.4) is 0 Å². The summed E-state index contributed by atoms with van der Waals surface area (Å²) < 4.78 is 24.6. The molecule has 1 fully saturated rings. The molecule has 4 nitrogen and oxygen atoms in total. The molecular formula is C10H10FNO3. The summed E-state index contributed by atoms with van der Waals surface area (Å²) in [5.41, 5.74) is 1.06. The van der Waals surface area contributed by atoms with E-state index in [0.29, 0.717) is 24.3 Å². The number of alkyl halides is 1. The van der Waals surface area contributed by atoms with Crippen molar-refractivity contribution in [2.24, 2.45) is 0 Å². The lowest BCUT2D eigenvalue weighted by atomic mass is 10.1. The topological polar surface area (TPSA) is 51.6 Å². The number of hydrogen-bond donors (Lipinski definition) is 1. The van der Waals surface area contributed by atoms with E-state index >= 15 is 0 Å². The number of halogens is 1. The van der Waals surface area contributed by atoms with Crippen molar-refractivity contribution >= 4 is 0 Å². The highest BCUT2D eigenvalue weighted by molar-refractivity contribution is 5.44. The largest absolute Gasteiger partial charge is 0.506 e. The molecule has 3 rings (SSSR count). The fourth-order valence-electron chi connectivity index (χ4n) is 2.24. The molecule has 5 heteroatoms. The van der Waals surface area contributed by atoms with Crippen LogP contribution in [0.25, 0.3) is 0 Å². The molecule has 2 aliphatic rings. The van der Waals surface area contributed by atoms with Crippen LogP contribution in [0.4, 0.5) is 4.39 Å². The third kappa shape index (κ3) is 1.04. The number of rotatable bonds is 0. The van der Waals surface area contributed by atoms with Gasteiger partial charge in [-0.15, -0.1) is 0 Å². The zero-order chi connectivity index (χ0) is 10.5. The van der Waals surface area contributed by atoms with Gasteiger partial charge in [-0.25, -0.2) is 4.39 Å². The van der Waals surface area contributed by atoms with Crippen LogP contribution in [0.15, 0.2) is 12.4 Å². The Balaban J connectivity index is 2.17. The number of nitrogens with zero attached hydrogens (tertiary/aromatic N) is 1. The summed E-state index contributed by atoms with van der Waals surface area (Å²) >= 11 is 0. The lowest BCUT2D eigenvalue weighted by molar-refractivity contribution is -0.200. The van der Waals surface area contributed by atoms with E-state index in [1.807, 2.05) is 0 Å². The van der Waals surface area contributed by atoms with Gasteiger partial charge in [0.2, 0.25) is 5.79 Å². The van der Waals surface area contributed by atoms with E-state index in [-0.39, 0.29) is 12.2 Å². The van der Waals surface area contributed by atoms with Gasteiger partial charge in [0.05, 0.1) is 19.4 Å². The first kappa shape index (κ1) is 9.06. The second-order valence-electron chi connectivity index (χ2n) is 3.72. The molecule has 0 radical (unpaired) electrons. The fraction of sp³-hybridized carbons (Fsp3) is 0.500.